The lowest BCUT2D eigenvalue weighted by atomic mass is 10.1. The van der Waals surface area contributed by atoms with Crippen molar-refractivity contribution in [1.82, 2.24) is 0 Å². The number of halogens is 2. The van der Waals surface area contributed by atoms with Crippen LogP contribution in [0, 0.1) is 5.92 Å². The number of anilines is 1. The molecule has 5 heteroatoms. The molecule has 1 aromatic rings. The van der Waals surface area contributed by atoms with Gasteiger partial charge in [0.15, 0.2) is 0 Å². The van der Waals surface area contributed by atoms with E-state index in [0.717, 1.165) is 0 Å². The van der Waals surface area contributed by atoms with Crippen molar-refractivity contribution in [2.75, 3.05) is 10.2 Å². The molecule has 0 saturated carbocycles. The predicted molar refractivity (Wildman–Crippen MR) is 65.8 cm³/mol. The molecule has 0 radical (unpaired) electrons. The molecular weight excluding hydrogens is 293 g/mol. The first-order chi connectivity index (χ1) is 7.63. The van der Waals surface area contributed by atoms with Gasteiger partial charge in [0, 0.05) is 16.8 Å². The van der Waals surface area contributed by atoms with Crippen molar-refractivity contribution >= 4 is 45.0 Å². The average Bonchev–Trinajstić information content (AvgIpc) is 2.56. The summed E-state index contributed by atoms with van der Waals surface area (Å²) in [5.41, 5.74) is 0.586. The van der Waals surface area contributed by atoms with E-state index in [1.54, 1.807) is 24.3 Å². The van der Waals surface area contributed by atoms with Crippen LogP contribution in [0.3, 0.4) is 0 Å². The number of nitrogens with zero attached hydrogens (tertiary/aromatic N) is 1. The molecule has 84 valence electrons. The lowest BCUT2D eigenvalue weighted by molar-refractivity contribution is -0.122. The monoisotopic (exact) mass is 301 g/mol. The number of amides is 2. The molecule has 1 heterocycles. The summed E-state index contributed by atoms with van der Waals surface area (Å²) in [6.45, 7) is 0. The molecule has 16 heavy (non-hydrogen) atoms. The second kappa shape index (κ2) is 4.55. The molecule has 2 rings (SSSR count). The van der Waals surface area contributed by atoms with Crippen molar-refractivity contribution in [3.05, 3.63) is 29.3 Å². The Morgan fingerprint density at radius 3 is 2.44 bits per heavy atom. The van der Waals surface area contributed by atoms with Gasteiger partial charge in [0.1, 0.15) is 0 Å². The average molecular weight is 303 g/mol. The van der Waals surface area contributed by atoms with E-state index in [0.29, 0.717) is 16.0 Å². The number of hydrogen-bond donors (Lipinski definition) is 0. The Balaban J connectivity index is 2.31. The summed E-state index contributed by atoms with van der Waals surface area (Å²) in [6.07, 6.45) is 0.271. The van der Waals surface area contributed by atoms with Gasteiger partial charge < -0.3 is 0 Å². The lowest BCUT2D eigenvalue weighted by Gasteiger charge is -2.14. The molecule has 3 nitrogen and oxygen atoms in total. The minimum absolute atomic E-state index is 0.149. The molecule has 1 saturated heterocycles. The zero-order valence-corrected chi connectivity index (χ0v) is 10.7. The van der Waals surface area contributed by atoms with E-state index in [1.165, 1.54) is 4.90 Å². The molecule has 1 aliphatic rings. The van der Waals surface area contributed by atoms with E-state index >= 15 is 0 Å². The molecule has 0 aliphatic carbocycles. The number of carbonyl (C=O) groups excluding carboxylic acids is 2. The van der Waals surface area contributed by atoms with Gasteiger partial charge in [-0.2, -0.15) is 0 Å². The summed E-state index contributed by atoms with van der Waals surface area (Å²) >= 11 is 8.99. The number of rotatable bonds is 2. The SMILES string of the molecule is O=C1CC(CBr)C(=O)N1c1ccc(Cl)cc1. The molecule has 1 fully saturated rings. The topological polar surface area (TPSA) is 37.4 Å². The van der Waals surface area contributed by atoms with E-state index < -0.39 is 0 Å². The van der Waals surface area contributed by atoms with Gasteiger partial charge >= 0.3 is 0 Å². The van der Waals surface area contributed by atoms with Crippen molar-refractivity contribution < 1.29 is 9.59 Å². The zero-order chi connectivity index (χ0) is 11.7. The van der Waals surface area contributed by atoms with E-state index in [-0.39, 0.29) is 24.2 Å². The maximum absolute atomic E-state index is 11.9. The van der Waals surface area contributed by atoms with Gasteiger partial charge in [-0.1, -0.05) is 27.5 Å². The lowest BCUT2D eigenvalue weighted by Crippen LogP contribution is -2.30. The smallest absolute Gasteiger partial charge is 0.238 e. The Morgan fingerprint density at radius 2 is 1.94 bits per heavy atom. The summed E-state index contributed by atoms with van der Waals surface area (Å²) in [5, 5.41) is 1.10. The van der Waals surface area contributed by atoms with Gasteiger partial charge in [-0.25, -0.2) is 0 Å². The Morgan fingerprint density at radius 1 is 1.31 bits per heavy atom. The van der Waals surface area contributed by atoms with Crippen molar-refractivity contribution in [3.63, 3.8) is 0 Å². The van der Waals surface area contributed by atoms with E-state index in [2.05, 4.69) is 15.9 Å². The quantitative estimate of drug-likeness (QED) is 0.622. The van der Waals surface area contributed by atoms with Gasteiger partial charge in [0.2, 0.25) is 11.8 Å². The molecule has 1 aromatic carbocycles. The highest BCUT2D eigenvalue weighted by Gasteiger charge is 2.38. The van der Waals surface area contributed by atoms with Gasteiger partial charge in [-0.15, -0.1) is 0 Å². The van der Waals surface area contributed by atoms with Crippen LogP contribution in [-0.4, -0.2) is 17.1 Å². The second-order valence-corrected chi connectivity index (χ2v) is 4.68. The highest BCUT2D eigenvalue weighted by molar-refractivity contribution is 9.09. The Hall–Kier alpha value is -0.870. The van der Waals surface area contributed by atoms with Crippen molar-refractivity contribution in [2.24, 2.45) is 5.92 Å². The van der Waals surface area contributed by atoms with Crippen LogP contribution in [0.4, 0.5) is 5.69 Å². The highest BCUT2D eigenvalue weighted by Crippen LogP contribution is 2.28. The van der Waals surface area contributed by atoms with Crippen LogP contribution in [-0.2, 0) is 9.59 Å². The first-order valence-corrected chi connectivity index (χ1v) is 6.31. The van der Waals surface area contributed by atoms with Gasteiger partial charge in [-0.3, -0.25) is 14.5 Å². The predicted octanol–water partition coefficient (Wildman–Crippen LogP) is 2.61. The molecule has 0 bridgehead atoms. The standard InChI is InChI=1S/C11H9BrClNO2/c12-6-7-5-10(15)14(11(7)16)9-3-1-8(13)2-4-9/h1-4,7H,5-6H2. The minimum atomic E-state index is -0.247. The Bertz CT molecular complexity index is 432. The highest BCUT2D eigenvalue weighted by atomic mass is 79.9. The fraction of sp³-hybridized carbons (Fsp3) is 0.273. The van der Waals surface area contributed by atoms with E-state index in [1.807, 2.05) is 0 Å². The second-order valence-electron chi connectivity index (χ2n) is 3.60. The molecule has 0 N–H and O–H groups in total. The van der Waals surface area contributed by atoms with Crippen molar-refractivity contribution in [1.29, 1.82) is 0 Å². The fourth-order valence-corrected chi connectivity index (χ4v) is 2.31. The summed E-state index contributed by atoms with van der Waals surface area (Å²) in [4.78, 5) is 24.8. The number of carbonyl (C=O) groups is 2. The van der Waals surface area contributed by atoms with Crippen LogP contribution < -0.4 is 4.90 Å². The fourth-order valence-electron chi connectivity index (χ4n) is 1.68. The number of benzene rings is 1. The summed E-state index contributed by atoms with van der Waals surface area (Å²) in [7, 11) is 0. The van der Waals surface area contributed by atoms with E-state index in [9.17, 15) is 9.59 Å². The minimum Gasteiger partial charge on any atom is -0.274 e. The number of alkyl halides is 1. The van der Waals surface area contributed by atoms with Crippen LogP contribution in [0.25, 0.3) is 0 Å². The molecular formula is C11H9BrClNO2. The van der Waals surface area contributed by atoms with Gasteiger partial charge in [0.25, 0.3) is 0 Å². The first-order valence-electron chi connectivity index (χ1n) is 4.82. The Kier molecular flexibility index (Phi) is 3.30. The van der Waals surface area contributed by atoms with Crippen LogP contribution in [0.15, 0.2) is 24.3 Å². The third-order valence-corrected chi connectivity index (χ3v) is 3.54. The zero-order valence-electron chi connectivity index (χ0n) is 8.32. The summed E-state index contributed by atoms with van der Waals surface area (Å²) in [6, 6.07) is 6.68. The number of imide groups is 1. The molecule has 2 amide bonds. The maximum Gasteiger partial charge on any atom is 0.238 e. The molecule has 1 atom stereocenters. The largest absolute Gasteiger partial charge is 0.274 e. The van der Waals surface area contributed by atoms with Crippen molar-refractivity contribution in [2.45, 2.75) is 6.42 Å². The number of hydrogen-bond acceptors (Lipinski definition) is 2. The third kappa shape index (κ3) is 1.99. The third-order valence-electron chi connectivity index (χ3n) is 2.51. The summed E-state index contributed by atoms with van der Waals surface area (Å²) in [5.74, 6) is -0.552. The Labute approximate surface area is 107 Å². The van der Waals surface area contributed by atoms with E-state index in [4.69, 9.17) is 11.6 Å². The first kappa shape index (κ1) is 11.6. The molecule has 0 aromatic heterocycles. The van der Waals surface area contributed by atoms with Crippen LogP contribution in [0.1, 0.15) is 6.42 Å². The molecule has 1 unspecified atom stereocenters. The van der Waals surface area contributed by atoms with Gasteiger partial charge in [0.05, 0.1) is 11.6 Å². The normalized spacial score (nSPS) is 20.6. The molecule has 0 spiro atoms. The van der Waals surface area contributed by atoms with Crippen LogP contribution >= 0.6 is 27.5 Å². The van der Waals surface area contributed by atoms with Crippen molar-refractivity contribution in [3.8, 4) is 0 Å². The molecule has 1 aliphatic heterocycles. The van der Waals surface area contributed by atoms with Crippen LogP contribution in [0.5, 0.6) is 0 Å². The maximum atomic E-state index is 11.9. The van der Waals surface area contributed by atoms with Crippen LogP contribution in [0.2, 0.25) is 5.02 Å². The van der Waals surface area contributed by atoms with Gasteiger partial charge in [-0.05, 0) is 24.3 Å². The summed E-state index contributed by atoms with van der Waals surface area (Å²) < 4.78 is 0.